The van der Waals surface area contributed by atoms with Gasteiger partial charge in [0.15, 0.2) is 17.5 Å². The van der Waals surface area contributed by atoms with Crippen molar-refractivity contribution in [1.29, 1.82) is 0 Å². The molecule has 12 heteroatoms. The number of hydrogen-bond donors (Lipinski definition) is 1. The minimum Gasteiger partial charge on any atom is -0.456 e. The standard InChI is InChI=1S/C59H33N9O2.CH5N/c1-2-12-34(13-3-1)55-62-56(35-22-26-51-39(30-35)41-32-37(24-28-53(41)69-51)65-47-18-8-10-20-49(47)67-45-16-6-4-14-43(45)60-58(65)67)64-57(63-55)36-23-27-52-40(31-36)42-33-38(25-29-54(42)70-52)66-48-19-9-11-21-50(48)68-46-17-7-5-15-44(46)61-59(66)68;1-2/h1-33H;2H2,1H3. The van der Waals surface area contributed by atoms with Crippen LogP contribution in [0.25, 0.3) is 145 Å². The Kier molecular flexibility index (Phi) is 8.50. The van der Waals surface area contributed by atoms with Gasteiger partial charge in [0.2, 0.25) is 11.6 Å². The molecule has 0 saturated heterocycles. The minimum atomic E-state index is 0.550. The van der Waals surface area contributed by atoms with Crippen LogP contribution in [0.3, 0.4) is 0 Å². The van der Waals surface area contributed by atoms with Gasteiger partial charge in [-0.05, 0) is 128 Å². The van der Waals surface area contributed by atoms with Crippen molar-refractivity contribution >= 4 is 99.6 Å². The second-order valence-corrected chi connectivity index (χ2v) is 17.8. The molecule has 0 aliphatic carbocycles. The molecule has 2 N–H and O–H groups in total. The Morgan fingerprint density at radius 2 is 0.681 bits per heavy atom. The molecule has 0 amide bonds. The second-order valence-electron chi connectivity index (χ2n) is 17.8. The third-order valence-electron chi connectivity index (χ3n) is 13.8. The highest BCUT2D eigenvalue weighted by atomic mass is 16.3. The van der Waals surface area contributed by atoms with Crippen molar-refractivity contribution in [2.24, 2.45) is 5.73 Å². The van der Waals surface area contributed by atoms with E-state index >= 15 is 0 Å². The summed E-state index contributed by atoms with van der Waals surface area (Å²) in [5, 5.41) is 3.87. The maximum Gasteiger partial charge on any atom is 0.220 e. The molecule has 340 valence electrons. The molecular weight excluding hydrogens is 893 g/mol. The lowest BCUT2D eigenvalue weighted by Gasteiger charge is -2.09. The predicted octanol–water partition coefficient (Wildman–Crippen LogP) is 13.7. The number of imidazole rings is 4. The average Bonchev–Trinajstić information content (AvgIpc) is 4.29. The summed E-state index contributed by atoms with van der Waals surface area (Å²) in [4.78, 5) is 25.7. The topological polar surface area (TPSA) is 135 Å². The Morgan fingerprint density at radius 3 is 1.14 bits per heavy atom. The van der Waals surface area contributed by atoms with Crippen LogP contribution in [-0.2, 0) is 0 Å². The minimum absolute atomic E-state index is 0.550. The van der Waals surface area contributed by atoms with Crippen molar-refractivity contribution in [3.8, 4) is 45.5 Å². The Morgan fingerprint density at radius 1 is 0.319 bits per heavy atom. The number of rotatable bonds is 5. The smallest absolute Gasteiger partial charge is 0.220 e. The highest BCUT2D eigenvalue weighted by Crippen LogP contribution is 2.39. The van der Waals surface area contributed by atoms with Crippen LogP contribution in [-0.4, -0.2) is 49.9 Å². The van der Waals surface area contributed by atoms with Crippen LogP contribution in [0.4, 0.5) is 0 Å². The van der Waals surface area contributed by atoms with E-state index in [0.29, 0.717) is 17.5 Å². The molecule has 72 heavy (non-hydrogen) atoms. The van der Waals surface area contributed by atoms with Crippen molar-refractivity contribution < 1.29 is 8.83 Å². The summed E-state index contributed by atoms with van der Waals surface area (Å²) in [6.45, 7) is 0. The summed E-state index contributed by atoms with van der Waals surface area (Å²) in [5.74, 6) is 3.37. The van der Waals surface area contributed by atoms with Crippen LogP contribution >= 0.6 is 0 Å². The first-order chi connectivity index (χ1) is 35.7. The maximum atomic E-state index is 6.48. The fraction of sp³-hybridized carbons (Fsp3) is 0.0167. The van der Waals surface area contributed by atoms with Crippen LogP contribution in [0.1, 0.15) is 0 Å². The van der Waals surface area contributed by atoms with Crippen LogP contribution in [0.5, 0.6) is 0 Å². The number of nitrogens with zero attached hydrogens (tertiary/aromatic N) is 9. The van der Waals surface area contributed by atoms with Crippen LogP contribution in [0.2, 0.25) is 0 Å². The molecule has 7 aromatic heterocycles. The quantitative estimate of drug-likeness (QED) is 0.180. The lowest BCUT2D eigenvalue weighted by molar-refractivity contribution is 0.668. The van der Waals surface area contributed by atoms with E-state index in [1.165, 1.54) is 7.05 Å². The van der Waals surface area contributed by atoms with E-state index in [0.717, 1.165) is 128 Å². The van der Waals surface area contributed by atoms with E-state index in [2.05, 4.69) is 145 Å². The monoisotopic (exact) mass is 930 g/mol. The molecule has 12 nitrogen and oxygen atoms in total. The first-order valence-electron chi connectivity index (χ1n) is 23.7. The van der Waals surface area contributed by atoms with Crippen molar-refractivity contribution in [2.45, 2.75) is 0 Å². The number of benzene rings is 9. The number of hydrogen-bond acceptors (Lipinski definition) is 8. The van der Waals surface area contributed by atoms with Gasteiger partial charge in [-0.3, -0.25) is 17.9 Å². The molecule has 0 bridgehead atoms. The summed E-state index contributed by atoms with van der Waals surface area (Å²) in [5.41, 5.74) is 20.5. The van der Waals surface area contributed by atoms with Crippen molar-refractivity contribution in [1.82, 2.24) is 42.9 Å². The number of fused-ring (bicyclic) bond motifs is 16. The van der Waals surface area contributed by atoms with Crippen LogP contribution in [0, 0.1) is 0 Å². The van der Waals surface area contributed by atoms with Gasteiger partial charge in [-0.2, -0.15) is 0 Å². The fourth-order valence-electron chi connectivity index (χ4n) is 10.6. The molecule has 0 unspecified atom stereocenters. The zero-order valence-electron chi connectivity index (χ0n) is 38.5. The van der Waals surface area contributed by atoms with E-state index in [1.807, 2.05) is 78.9 Å². The van der Waals surface area contributed by atoms with Crippen molar-refractivity contribution in [3.05, 3.63) is 200 Å². The summed E-state index contributed by atoms with van der Waals surface area (Å²) in [6.07, 6.45) is 0. The van der Waals surface area contributed by atoms with Gasteiger partial charge in [0.1, 0.15) is 22.3 Å². The maximum absolute atomic E-state index is 6.48. The Labute approximate surface area is 408 Å². The third-order valence-corrected chi connectivity index (χ3v) is 13.8. The Hall–Kier alpha value is -9.91. The largest absolute Gasteiger partial charge is 0.456 e. The molecule has 0 atom stereocenters. The summed E-state index contributed by atoms with van der Waals surface area (Å²) < 4.78 is 21.9. The summed E-state index contributed by atoms with van der Waals surface area (Å²) in [6, 6.07) is 68.5. The fourth-order valence-corrected chi connectivity index (χ4v) is 10.6. The average molecular weight is 931 g/mol. The molecule has 16 aromatic rings. The normalized spacial score (nSPS) is 12.0. The first kappa shape index (κ1) is 40.0. The molecule has 0 aliphatic heterocycles. The van der Waals surface area contributed by atoms with Crippen LogP contribution < -0.4 is 5.73 Å². The summed E-state index contributed by atoms with van der Waals surface area (Å²) in [7, 11) is 1.50. The molecule has 9 aromatic carbocycles. The Balaban J connectivity index is 0.00000229. The van der Waals surface area contributed by atoms with Gasteiger partial charge in [-0.15, -0.1) is 0 Å². The van der Waals surface area contributed by atoms with Gasteiger partial charge in [0.25, 0.3) is 0 Å². The third kappa shape index (κ3) is 5.81. The highest BCUT2D eigenvalue weighted by molar-refractivity contribution is 6.09. The van der Waals surface area contributed by atoms with Gasteiger partial charge >= 0.3 is 0 Å². The molecule has 7 heterocycles. The van der Waals surface area contributed by atoms with E-state index in [4.69, 9.17) is 33.8 Å². The molecule has 16 rings (SSSR count). The van der Waals surface area contributed by atoms with E-state index in [9.17, 15) is 0 Å². The predicted molar refractivity (Wildman–Crippen MR) is 287 cm³/mol. The number of furan rings is 2. The first-order valence-corrected chi connectivity index (χ1v) is 23.7. The molecular formula is C60H38N10O2. The number of para-hydroxylation sites is 8. The SMILES string of the molecule is CN.c1ccc(-c2nc(-c3ccc4oc5ccc(-n6c7ccccc7n7c8ccccc8nc67)cc5c4c3)nc(-c3ccc4oc5ccc(-n6c7ccccc7n7c8ccccc8nc67)cc5c4c3)n2)cc1. The molecule has 0 radical (unpaired) electrons. The number of aromatic nitrogens is 9. The van der Waals surface area contributed by atoms with Gasteiger partial charge in [0, 0.05) is 38.2 Å². The summed E-state index contributed by atoms with van der Waals surface area (Å²) >= 11 is 0. The lowest BCUT2D eigenvalue weighted by Crippen LogP contribution is -2.00. The van der Waals surface area contributed by atoms with E-state index in [1.54, 1.807) is 0 Å². The highest BCUT2D eigenvalue weighted by Gasteiger charge is 2.22. The van der Waals surface area contributed by atoms with Gasteiger partial charge in [0.05, 0.1) is 55.5 Å². The zero-order valence-corrected chi connectivity index (χ0v) is 38.5. The van der Waals surface area contributed by atoms with E-state index in [-0.39, 0.29) is 0 Å². The molecule has 0 fully saturated rings. The lowest BCUT2D eigenvalue weighted by atomic mass is 10.1. The van der Waals surface area contributed by atoms with Crippen LogP contribution in [0.15, 0.2) is 209 Å². The van der Waals surface area contributed by atoms with Gasteiger partial charge in [-0.1, -0.05) is 78.9 Å². The van der Waals surface area contributed by atoms with E-state index < -0.39 is 0 Å². The Bertz CT molecular complexity index is 4570. The zero-order chi connectivity index (χ0) is 47.6. The van der Waals surface area contributed by atoms with Crippen molar-refractivity contribution in [2.75, 3.05) is 7.05 Å². The number of nitrogens with two attached hydrogens (primary N) is 1. The molecule has 0 saturated carbocycles. The van der Waals surface area contributed by atoms with Gasteiger partial charge in [-0.25, -0.2) is 24.9 Å². The molecule has 0 spiro atoms. The van der Waals surface area contributed by atoms with Crippen molar-refractivity contribution in [3.63, 3.8) is 0 Å². The molecule has 0 aliphatic rings. The van der Waals surface area contributed by atoms with Gasteiger partial charge < -0.3 is 14.6 Å². The second kappa shape index (κ2) is 15.3.